The van der Waals surface area contributed by atoms with Crippen molar-refractivity contribution in [2.24, 2.45) is 0 Å². The molecule has 4 rings (SSSR count). The summed E-state index contributed by atoms with van der Waals surface area (Å²) < 4.78 is 15.8. The van der Waals surface area contributed by atoms with Gasteiger partial charge in [-0.1, -0.05) is 30.3 Å². The lowest BCUT2D eigenvalue weighted by Crippen LogP contribution is -2.32. The van der Waals surface area contributed by atoms with Gasteiger partial charge in [0.05, 0.1) is 6.54 Å². The molecule has 1 saturated carbocycles. The summed E-state index contributed by atoms with van der Waals surface area (Å²) in [6, 6.07) is 16.3. The van der Waals surface area contributed by atoms with E-state index in [9.17, 15) is 9.18 Å². The van der Waals surface area contributed by atoms with E-state index in [0.717, 1.165) is 18.4 Å². The predicted molar refractivity (Wildman–Crippen MR) is 97.1 cm³/mol. The molecule has 0 aliphatic heterocycles. The smallest absolute Gasteiger partial charge is 0.254 e. The number of nitrogens with zero attached hydrogens (tertiary/aromatic N) is 3. The van der Waals surface area contributed by atoms with Crippen LogP contribution in [0, 0.1) is 5.82 Å². The lowest BCUT2D eigenvalue weighted by atomic mass is 10.1. The number of rotatable bonds is 6. The first-order valence-corrected chi connectivity index (χ1v) is 8.81. The molecule has 5 heteroatoms. The van der Waals surface area contributed by atoms with E-state index in [4.69, 9.17) is 0 Å². The average Bonchev–Trinajstić information content (AvgIpc) is 3.37. The van der Waals surface area contributed by atoms with Gasteiger partial charge in [-0.3, -0.25) is 9.48 Å². The van der Waals surface area contributed by atoms with Crippen LogP contribution in [0.5, 0.6) is 0 Å². The number of benzene rings is 2. The molecule has 0 radical (unpaired) electrons. The average molecular weight is 349 g/mol. The van der Waals surface area contributed by atoms with E-state index >= 15 is 0 Å². The third-order valence-corrected chi connectivity index (χ3v) is 4.65. The van der Waals surface area contributed by atoms with Crippen LogP contribution in [0.15, 0.2) is 67.0 Å². The highest BCUT2D eigenvalue weighted by Gasteiger charge is 2.33. The molecule has 0 atom stereocenters. The highest BCUT2D eigenvalue weighted by Crippen LogP contribution is 2.30. The Morgan fingerprint density at radius 2 is 1.88 bits per heavy atom. The zero-order chi connectivity index (χ0) is 17.9. The van der Waals surface area contributed by atoms with Crippen molar-refractivity contribution in [1.82, 2.24) is 14.7 Å². The van der Waals surface area contributed by atoms with Gasteiger partial charge in [-0.15, -0.1) is 0 Å². The normalized spacial score (nSPS) is 13.6. The standard InChI is InChI=1S/C21H20FN3O/c22-20-5-2-1-4-18(20)15-25(19-10-11-19)21(26)17-8-6-16(7-9-17)14-24-13-3-12-23-24/h1-9,12-13,19H,10-11,14-15H2. The minimum atomic E-state index is -0.263. The first-order valence-electron chi connectivity index (χ1n) is 8.81. The van der Waals surface area contributed by atoms with Crippen LogP contribution >= 0.6 is 0 Å². The summed E-state index contributed by atoms with van der Waals surface area (Å²) in [5.41, 5.74) is 2.28. The van der Waals surface area contributed by atoms with Gasteiger partial charge in [-0.25, -0.2) is 4.39 Å². The first-order chi connectivity index (χ1) is 12.7. The van der Waals surface area contributed by atoms with Crippen molar-refractivity contribution in [3.8, 4) is 0 Å². The fourth-order valence-corrected chi connectivity index (χ4v) is 3.06. The van der Waals surface area contributed by atoms with Crippen LogP contribution < -0.4 is 0 Å². The Kier molecular flexibility index (Phi) is 4.52. The third-order valence-electron chi connectivity index (χ3n) is 4.65. The second kappa shape index (κ2) is 7.12. The predicted octanol–water partition coefficient (Wildman–Crippen LogP) is 3.88. The Morgan fingerprint density at radius 1 is 1.12 bits per heavy atom. The molecule has 1 fully saturated rings. The van der Waals surface area contributed by atoms with Crippen LogP contribution in [0.25, 0.3) is 0 Å². The van der Waals surface area contributed by atoms with Crippen molar-refractivity contribution in [3.05, 3.63) is 89.5 Å². The van der Waals surface area contributed by atoms with E-state index in [1.807, 2.05) is 41.2 Å². The summed E-state index contributed by atoms with van der Waals surface area (Å²) in [6.45, 7) is 0.980. The summed E-state index contributed by atoms with van der Waals surface area (Å²) in [7, 11) is 0. The third kappa shape index (κ3) is 3.67. The lowest BCUT2D eigenvalue weighted by Gasteiger charge is -2.23. The molecule has 0 N–H and O–H groups in total. The van der Waals surface area contributed by atoms with Gasteiger partial charge in [0.15, 0.2) is 0 Å². The summed E-state index contributed by atoms with van der Waals surface area (Å²) in [5.74, 6) is -0.304. The van der Waals surface area contributed by atoms with Crippen LogP contribution in [-0.2, 0) is 13.1 Å². The number of carbonyl (C=O) groups excluding carboxylic acids is 1. The molecule has 1 heterocycles. The quantitative estimate of drug-likeness (QED) is 0.677. The maximum Gasteiger partial charge on any atom is 0.254 e. The molecule has 4 nitrogen and oxygen atoms in total. The largest absolute Gasteiger partial charge is 0.331 e. The van der Waals surface area contributed by atoms with Crippen molar-refractivity contribution in [3.63, 3.8) is 0 Å². The Balaban J connectivity index is 1.50. The van der Waals surface area contributed by atoms with Gasteiger partial charge < -0.3 is 4.90 Å². The van der Waals surface area contributed by atoms with Gasteiger partial charge in [0.25, 0.3) is 5.91 Å². The topological polar surface area (TPSA) is 38.1 Å². The van der Waals surface area contributed by atoms with Gasteiger partial charge in [-0.05, 0) is 42.7 Å². The fourth-order valence-electron chi connectivity index (χ4n) is 3.06. The van der Waals surface area contributed by atoms with Gasteiger partial charge in [0, 0.05) is 36.1 Å². The zero-order valence-electron chi connectivity index (χ0n) is 14.4. The highest BCUT2D eigenvalue weighted by atomic mass is 19.1. The molecule has 1 amide bonds. The molecule has 1 aliphatic rings. The number of hydrogen-bond acceptors (Lipinski definition) is 2. The van der Waals surface area contributed by atoms with Gasteiger partial charge in [0.2, 0.25) is 0 Å². The molecule has 0 unspecified atom stereocenters. The Bertz CT molecular complexity index is 886. The molecule has 2 aromatic carbocycles. The van der Waals surface area contributed by atoms with E-state index in [1.54, 1.807) is 29.3 Å². The number of halogens is 1. The Morgan fingerprint density at radius 3 is 2.54 bits per heavy atom. The highest BCUT2D eigenvalue weighted by molar-refractivity contribution is 5.94. The van der Waals surface area contributed by atoms with Crippen LogP contribution in [0.4, 0.5) is 4.39 Å². The molecule has 1 aromatic heterocycles. The SMILES string of the molecule is O=C(c1ccc(Cn2cccn2)cc1)N(Cc1ccccc1F)C1CC1. The summed E-state index contributed by atoms with van der Waals surface area (Å²) in [4.78, 5) is 14.7. The Labute approximate surface area is 151 Å². The van der Waals surface area contributed by atoms with Crippen LogP contribution in [0.1, 0.15) is 34.3 Å². The van der Waals surface area contributed by atoms with Crippen molar-refractivity contribution in [1.29, 1.82) is 0 Å². The van der Waals surface area contributed by atoms with Crippen molar-refractivity contribution < 1.29 is 9.18 Å². The van der Waals surface area contributed by atoms with E-state index in [1.165, 1.54) is 6.07 Å². The summed E-state index contributed by atoms with van der Waals surface area (Å²) >= 11 is 0. The summed E-state index contributed by atoms with van der Waals surface area (Å²) in [5, 5.41) is 4.19. The molecule has 26 heavy (non-hydrogen) atoms. The van der Waals surface area contributed by atoms with Crippen molar-refractivity contribution in [2.75, 3.05) is 0 Å². The fraction of sp³-hybridized carbons (Fsp3) is 0.238. The van der Waals surface area contributed by atoms with Crippen LogP contribution in [-0.4, -0.2) is 26.6 Å². The summed E-state index contributed by atoms with van der Waals surface area (Å²) in [6.07, 6.45) is 5.62. The minimum Gasteiger partial charge on any atom is -0.331 e. The van der Waals surface area contributed by atoms with Crippen molar-refractivity contribution >= 4 is 5.91 Å². The van der Waals surface area contributed by atoms with Crippen molar-refractivity contribution in [2.45, 2.75) is 32.0 Å². The molecular weight excluding hydrogens is 329 g/mol. The second-order valence-electron chi connectivity index (χ2n) is 6.66. The molecule has 0 spiro atoms. The number of hydrogen-bond donors (Lipinski definition) is 0. The van der Waals surface area contributed by atoms with E-state index in [2.05, 4.69) is 5.10 Å². The Hall–Kier alpha value is -2.95. The van der Waals surface area contributed by atoms with E-state index in [0.29, 0.717) is 24.2 Å². The number of carbonyl (C=O) groups is 1. The maximum absolute atomic E-state index is 14.0. The molecule has 0 bridgehead atoms. The molecule has 132 valence electrons. The van der Waals surface area contributed by atoms with E-state index in [-0.39, 0.29) is 17.8 Å². The molecular formula is C21H20FN3O. The van der Waals surface area contributed by atoms with Gasteiger partial charge >= 0.3 is 0 Å². The van der Waals surface area contributed by atoms with Gasteiger partial charge in [-0.2, -0.15) is 5.10 Å². The first kappa shape index (κ1) is 16.5. The number of amides is 1. The second-order valence-corrected chi connectivity index (χ2v) is 6.66. The van der Waals surface area contributed by atoms with Gasteiger partial charge in [0.1, 0.15) is 5.82 Å². The number of aromatic nitrogens is 2. The zero-order valence-corrected chi connectivity index (χ0v) is 14.4. The maximum atomic E-state index is 14.0. The van der Waals surface area contributed by atoms with Crippen LogP contribution in [0.2, 0.25) is 0 Å². The molecule has 0 saturated heterocycles. The minimum absolute atomic E-state index is 0.0404. The molecule has 1 aliphatic carbocycles. The molecule has 3 aromatic rings. The van der Waals surface area contributed by atoms with Crippen LogP contribution in [0.3, 0.4) is 0 Å². The lowest BCUT2D eigenvalue weighted by molar-refractivity contribution is 0.0728. The van der Waals surface area contributed by atoms with E-state index < -0.39 is 0 Å². The monoisotopic (exact) mass is 349 g/mol.